The van der Waals surface area contributed by atoms with E-state index in [1.54, 1.807) is 36.7 Å². The Balaban J connectivity index is 1.20. The van der Waals surface area contributed by atoms with E-state index >= 15 is 0 Å². The van der Waals surface area contributed by atoms with E-state index < -0.39 is 53.0 Å². The van der Waals surface area contributed by atoms with Crippen molar-refractivity contribution in [1.29, 1.82) is 0 Å². The van der Waals surface area contributed by atoms with Gasteiger partial charge in [-0.1, -0.05) is 36.4 Å². The number of rotatable bonds is 8. The summed E-state index contributed by atoms with van der Waals surface area (Å²) in [6, 6.07) is 15.2. The van der Waals surface area contributed by atoms with E-state index in [-0.39, 0.29) is 18.4 Å². The topological polar surface area (TPSA) is 100 Å². The van der Waals surface area contributed by atoms with Crippen molar-refractivity contribution in [2.24, 2.45) is 0 Å². The number of amides is 1. The first-order chi connectivity index (χ1) is 22.7. The van der Waals surface area contributed by atoms with Crippen LogP contribution in [-0.4, -0.2) is 64.7 Å². The molecular formula is C33H30F5N5O4. The minimum Gasteiger partial charge on any atom is -0.392 e. The lowest BCUT2D eigenvalue weighted by Gasteiger charge is -2.40. The summed E-state index contributed by atoms with van der Waals surface area (Å²) < 4.78 is 82.3. The van der Waals surface area contributed by atoms with Gasteiger partial charge in [0.05, 0.1) is 18.8 Å². The first-order valence-corrected chi connectivity index (χ1v) is 14.9. The zero-order valence-corrected chi connectivity index (χ0v) is 24.9. The summed E-state index contributed by atoms with van der Waals surface area (Å²) in [5, 5.41) is 11.7. The van der Waals surface area contributed by atoms with Crippen LogP contribution >= 0.6 is 0 Å². The maximum Gasteiger partial charge on any atom is 0.261 e. The molecule has 4 aromatic rings. The van der Waals surface area contributed by atoms with Gasteiger partial charge in [-0.05, 0) is 29.3 Å². The fourth-order valence-corrected chi connectivity index (χ4v) is 5.67. The number of carbonyl (C=O) groups excluding carboxylic acids is 1. The van der Waals surface area contributed by atoms with Crippen LogP contribution in [0.3, 0.4) is 0 Å². The highest BCUT2D eigenvalue weighted by Crippen LogP contribution is 2.39. The van der Waals surface area contributed by atoms with Gasteiger partial charge in [0.1, 0.15) is 5.56 Å². The minimum atomic E-state index is -2.35. The van der Waals surface area contributed by atoms with Crippen LogP contribution in [0, 0.1) is 29.1 Å². The summed E-state index contributed by atoms with van der Waals surface area (Å²) in [5.74, 6) is -12.1. The molecule has 2 fully saturated rings. The molecule has 1 amide bonds. The highest BCUT2D eigenvalue weighted by Gasteiger charge is 2.35. The van der Waals surface area contributed by atoms with Crippen LogP contribution in [-0.2, 0) is 16.1 Å². The number of piperazine rings is 1. The number of benzene rings is 3. The van der Waals surface area contributed by atoms with Crippen LogP contribution in [0.2, 0.25) is 0 Å². The molecule has 3 heterocycles. The summed E-state index contributed by atoms with van der Waals surface area (Å²) in [7, 11) is 0. The van der Waals surface area contributed by atoms with E-state index in [0.29, 0.717) is 24.5 Å². The van der Waals surface area contributed by atoms with Crippen LogP contribution in [0.15, 0.2) is 67.0 Å². The van der Waals surface area contributed by atoms with Crippen LogP contribution in [0.4, 0.5) is 33.6 Å². The molecule has 2 N–H and O–H groups in total. The Hall–Kier alpha value is -4.50. The molecule has 0 saturated carbocycles. The van der Waals surface area contributed by atoms with Gasteiger partial charge in [0.2, 0.25) is 11.8 Å². The number of aromatic nitrogens is 2. The maximum absolute atomic E-state index is 14.3. The first kappa shape index (κ1) is 32.4. The lowest BCUT2D eigenvalue weighted by atomic mass is 9.99. The molecular weight excluding hydrogens is 625 g/mol. The maximum atomic E-state index is 14.3. The second-order valence-electron chi connectivity index (χ2n) is 11.2. The van der Waals surface area contributed by atoms with Crippen molar-refractivity contribution in [2.75, 3.05) is 42.9 Å². The quantitative estimate of drug-likeness (QED) is 0.150. The average molecular weight is 656 g/mol. The number of ether oxygens (including phenoxy) is 2. The number of aliphatic hydroxyl groups is 1. The largest absolute Gasteiger partial charge is 0.392 e. The van der Waals surface area contributed by atoms with Gasteiger partial charge in [-0.25, -0.2) is 31.9 Å². The fraction of sp³-hybridized carbons (Fsp3) is 0.303. The van der Waals surface area contributed by atoms with E-state index in [1.807, 2.05) is 12.1 Å². The fourth-order valence-electron chi connectivity index (χ4n) is 5.67. The predicted molar refractivity (Wildman–Crippen MR) is 160 cm³/mol. The van der Waals surface area contributed by atoms with Crippen molar-refractivity contribution >= 4 is 17.5 Å². The van der Waals surface area contributed by atoms with Crippen LogP contribution in [0.25, 0.3) is 0 Å². The standard InChI is InChI=1S/C33H30F5N5O4/c34-26-25(27(35)29(37)30(38)28(26)36)31(45)41-22-4-1-3-21(15-22)32-46-23(16-24(47-32)20-7-5-19(18-44)6-8-20)17-42-11-13-43(14-12-42)33-39-9-2-10-40-33/h1-10,15,23-24,32,44H,11-14,16-18H2,(H,41,45). The SMILES string of the molecule is O=C(Nc1cccc(C2OC(CN3CCN(c4ncccn4)CC3)CC(c3ccc(CO)cc3)O2)c1)c1c(F)c(F)c(F)c(F)c1F. The predicted octanol–water partition coefficient (Wildman–Crippen LogP) is 5.28. The van der Waals surface area contributed by atoms with Crippen molar-refractivity contribution in [3.63, 3.8) is 0 Å². The van der Waals surface area contributed by atoms with Crippen molar-refractivity contribution in [3.8, 4) is 0 Å². The van der Waals surface area contributed by atoms with Gasteiger partial charge < -0.3 is 24.8 Å². The molecule has 2 aliphatic heterocycles. The third kappa shape index (κ3) is 7.10. The normalized spacial score (nSPS) is 20.3. The molecule has 3 unspecified atom stereocenters. The Labute approximate surface area is 266 Å². The molecule has 0 aliphatic carbocycles. The van der Waals surface area contributed by atoms with Gasteiger partial charge in [-0.3, -0.25) is 9.69 Å². The second kappa shape index (κ2) is 14.1. The molecule has 3 aromatic carbocycles. The third-order valence-corrected chi connectivity index (χ3v) is 8.14. The van der Waals surface area contributed by atoms with E-state index in [0.717, 1.165) is 37.3 Å². The molecule has 1 aromatic heterocycles. The molecule has 2 aliphatic rings. The van der Waals surface area contributed by atoms with E-state index in [9.17, 15) is 31.9 Å². The Kier molecular flexibility index (Phi) is 9.73. The molecule has 47 heavy (non-hydrogen) atoms. The lowest BCUT2D eigenvalue weighted by molar-refractivity contribution is -0.253. The van der Waals surface area contributed by atoms with Gasteiger partial charge >= 0.3 is 0 Å². The van der Waals surface area contributed by atoms with E-state index in [1.165, 1.54) is 18.2 Å². The van der Waals surface area contributed by atoms with Crippen LogP contribution in [0.1, 0.15) is 45.9 Å². The first-order valence-electron chi connectivity index (χ1n) is 14.9. The summed E-state index contributed by atoms with van der Waals surface area (Å²) in [5.41, 5.74) is 0.484. The number of nitrogens with zero attached hydrogens (tertiary/aromatic N) is 4. The van der Waals surface area contributed by atoms with Crippen molar-refractivity contribution in [2.45, 2.75) is 31.5 Å². The molecule has 0 bridgehead atoms. The molecule has 246 valence electrons. The van der Waals surface area contributed by atoms with Gasteiger partial charge in [0.15, 0.2) is 29.6 Å². The Bertz CT molecular complexity index is 1700. The molecule has 2 saturated heterocycles. The number of halogens is 5. The molecule has 6 rings (SSSR count). The zero-order chi connectivity index (χ0) is 33.1. The van der Waals surface area contributed by atoms with Crippen molar-refractivity contribution < 1.29 is 41.3 Å². The van der Waals surface area contributed by atoms with Gasteiger partial charge in [-0.15, -0.1) is 0 Å². The van der Waals surface area contributed by atoms with E-state index in [2.05, 4.69) is 25.1 Å². The number of hydrogen-bond donors (Lipinski definition) is 2. The lowest BCUT2D eigenvalue weighted by Crippen LogP contribution is -2.50. The smallest absolute Gasteiger partial charge is 0.261 e. The number of nitrogens with one attached hydrogen (secondary N) is 1. The van der Waals surface area contributed by atoms with Crippen LogP contribution < -0.4 is 10.2 Å². The summed E-state index contributed by atoms with van der Waals surface area (Å²) in [6.07, 6.45) is 2.31. The third-order valence-electron chi connectivity index (χ3n) is 8.14. The number of aliphatic hydroxyl groups excluding tert-OH is 1. The highest BCUT2D eigenvalue weighted by molar-refractivity contribution is 6.04. The molecule has 0 radical (unpaired) electrons. The average Bonchev–Trinajstić information content (AvgIpc) is 3.10. The van der Waals surface area contributed by atoms with Crippen molar-refractivity contribution in [1.82, 2.24) is 14.9 Å². The van der Waals surface area contributed by atoms with Crippen LogP contribution in [0.5, 0.6) is 0 Å². The van der Waals surface area contributed by atoms with Crippen molar-refractivity contribution in [3.05, 3.63) is 118 Å². The molecule has 0 spiro atoms. The molecule has 14 heteroatoms. The van der Waals surface area contributed by atoms with Gasteiger partial charge in [0, 0.05) is 62.8 Å². The monoisotopic (exact) mass is 655 g/mol. The summed E-state index contributed by atoms with van der Waals surface area (Å²) in [6.45, 7) is 3.44. The molecule has 3 atom stereocenters. The van der Waals surface area contributed by atoms with Gasteiger partial charge in [-0.2, -0.15) is 0 Å². The summed E-state index contributed by atoms with van der Waals surface area (Å²) >= 11 is 0. The molecule has 9 nitrogen and oxygen atoms in total. The van der Waals surface area contributed by atoms with E-state index in [4.69, 9.17) is 9.47 Å². The minimum absolute atomic E-state index is 0.0221. The Morgan fingerprint density at radius 2 is 1.49 bits per heavy atom. The number of carbonyl (C=O) groups is 1. The number of anilines is 2. The summed E-state index contributed by atoms with van der Waals surface area (Å²) in [4.78, 5) is 25.7. The zero-order valence-electron chi connectivity index (χ0n) is 24.9. The number of hydrogen-bond acceptors (Lipinski definition) is 8. The second-order valence-corrected chi connectivity index (χ2v) is 11.2. The Morgan fingerprint density at radius 1 is 0.830 bits per heavy atom. The Morgan fingerprint density at radius 3 is 2.15 bits per heavy atom. The highest BCUT2D eigenvalue weighted by atomic mass is 19.2. The van der Waals surface area contributed by atoms with Gasteiger partial charge in [0.25, 0.3) is 5.91 Å².